The summed E-state index contributed by atoms with van der Waals surface area (Å²) in [7, 11) is -6.41. The molecule has 0 amide bonds. The van der Waals surface area contributed by atoms with E-state index in [1.807, 2.05) is 13.1 Å². The molecule has 0 bridgehead atoms. The van der Waals surface area contributed by atoms with Crippen molar-refractivity contribution in [1.82, 2.24) is 0 Å². The summed E-state index contributed by atoms with van der Waals surface area (Å²) in [5.74, 6) is 0. The molecule has 0 aromatic carbocycles. The van der Waals surface area contributed by atoms with E-state index in [2.05, 4.69) is 32.7 Å². The van der Waals surface area contributed by atoms with Crippen molar-refractivity contribution in [1.29, 1.82) is 0 Å². The minimum Gasteiger partial charge on any atom is -0.440 e. The first kappa shape index (κ1) is 14.7. The van der Waals surface area contributed by atoms with E-state index in [9.17, 15) is 4.80 Å². The van der Waals surface area contributed by atoms with Gasteiger partial charge in [0.05, 0.1) is 0 Å². The Labute approximate surface area is 93.1 Å². The first-order valence-electron chi connectivity index (χ1n) is 5.12. The van der Waals surface area contributed by atoms with Crippen LogP contribution in [0, 0.1) is 0 Å². The Kier molecular flexibility index (Phi) is 5.47. The zero-order valence-electron chi connectivity index (χ0n) is 10.4. The monoisotopic (exact) mass is 268 g/mol. The Hall–Kier alpha value is 0.748. The van der Waals surface area contributed by atoms with Gasteiger partial charge >= 0.3 is 8.56 Å². The lowest BCUT2D eigenvalue weighted by molar-refractivity contribution is 0.413. The van der Waals surface area contributed by atoms with Gasteiger partial charge in [0.2, 0.25) is 0 Å². The fourth-order valence-electron chi connectivity index (χ4n) is 1.17. The highest BCUT2D eigenvalue weighted by molar-refractivity contribution is 7.27. The molecule has 3 nitrogen and oxygen atoms in total. The molecule has 0 aromatic rings. The van der Waals surface area contributed by atoms with Crippen molar-refractivity contribution in [3.63, 3.8) is 0 Å². The third-order valence-electron chi connectivity index (χ3n) is 1.97. The van der Waals surface area contributed by atoms with Gasteiger partial charge in [-0.25, -0.2) is 0 Å². The standard InChI is InChI=1S/C7H24O3Si4/c1-11(2)9-14(6,7)10-12(3)13(4,5)8/h8,11-12H,1-7H3. The lowest BCUT2D eigenvalue weighted by Crippen LogP contribution is -2.53. The van der Waals surface area contributed by atoms with Crippen LogP contribution in [0.25, 0.3) is 0 Å². The van der Waals surface area contributed by atoms with Gasteiger partial charge in [-0.2, -0.15) is 0 Å². The molecule has 1 atom stereocenters. The predicted molar refractivity (Wildman–Crippen MR) is 71.2 cm³/mol. The van der Waals surface area contributed by atoms with Crippen molar-refractivity contribution in [2.45, 2.75) is 45.8 Å². The van der Waals surface area contributed by atoms with Crippen LogP contribution in [-0.4, -0.2) is 38.8 Å². The summed E-state index contributed by atoms with van der Waals surface area (Å²) in [5, 5.41) is 0. The quantitative estimate of drug-likeness (QED) is 0.765. The van der Waals surface area contributed by atoms with Gasteiger partial charge in [-0.3, -0.25) is 0 Å². The summed E-state index contributed by atoms with van der Waals surface area (Å²) in [4.78, 5) is 9.94. The Morgan fingerprint density at radius 1 is 0.929 bits per heavy atom. The molecule has 14 heavy (non-hydrogen) atoms. The lowest BCUT2D eigenvalue weighted by Gasteiger charge is -2.32. The highest BCUT2D eigenvalue weighted by Crippen LogP contribution is 2.14. The predicted octanol–water partition coefficient (Wildman–Crippen LogP) is 1.33. The summed E-state index contributed by atoms with van der Waals surface area (Å²) < 4.78 is 11.9. The Morgan fingerprint density at radius 3 is 1.64 bits per heavy atom. The van der Waals surface area contributed by atoms with Crippen molar-refractivity contribution in [2.75, 3.05) is 0 Å². The molecule has 0 aliphatic heterocycles. The van der Waals surface area contributed by atoms with Crippen molar-refractivity contribution in [3.05, 3.63) is 0 Å². The first-order valence-corrected chi connectivity index (χ1v) is 17.1. The van der Waals surface area contributed by atoms with E-state index in [1.165, 1.54) is 0 Å². The van der Waals surface area contributed by atoms with Gasteiger partial charge in [-0.05, 0) is 45.8 Å². The third-order valence-corrected chi connectivity index (χ3v) is 18.8. The molecule has 0 radical (unpaired) electrons. The minimum atomic E-state index is -2.03. The maximum Gasteiger partial charge on any atom is 0.310 e. The largest absolute Gasteiger partial charge is 0.440 e. The minimum absolute atomic E-state index is 1.02. The highest BCUT2D eigenvalue weighted by Gasteiger charge is 2.36. The van der Waals surface area contributed by atoms with Crippen molar-refractivity contribution in [2.24, 2.45) is 0 Å². The van der Waals surface area contributed by atoms with E-state index >= 15 is 0 Å². The van der Waals surface area contributed by atoms with Gasteiger partial charge in [0, 0.05) is 0 Å². The van der Waals surface area contributed by atoms with E-state index < -0.39 is 34.0 Å². The number of hydrogen-bond donors (Lipinski definition) is 1. The van der Waals surface area contributed by atoms with Crippen LogP contribution in [0.1, 0.15) is 0 Å². The molecular weight excluding hydrogens is 244 g/mol. The molecule has 0 rings (SSSR count). The van der Waals surface area contributed by atoms with Gasteiger partial charge in [-0.15, -0.1) is 0 Å². The van der Waals surface area contributed by atoms with Crippen LogP contribution in [0.4, 0.5) is 0 Å². The Morgan fingerprint density at radius 2 is 1.36 bits per heavy atom. The maximum absolute atomic E-state index is 9.94. The SMILES string of the molecule is C[SiH](C)O[Si](C)(C)O[SiH](C)[Si](C)(C)O. The Balaban J connectivity index is 4.22. The summed E-state index contributed by atoms with van der Waals surface area (Å²) in [6.07, 6.45) is 0. The van der Waals surface area contributed by atoms with Crippen LogP contribution < -0.4 is 0 Å². The van der Waals surface area contributed by atoms with Crippen LogP contribution in [0.5, 0.6) is 0 Å². The molecule has 1 unspecified atom stereocenters. The maximum atomic E-state index is 9.94. The molecule has 0 aliphatic rings. The van der Waals surface area contributed by atoms with Gasteiger partial charge in [-0.1, -0.05) is 0 Å². The topological polar surface area (TPSA) is 38.7 Å². The average molecular weight is 269 g/mol. The van der Waals surface area contributed by atoms with Crippen molar-refractivity contribution < 1.29 is 13.0 Å². The highest BCUT2D eigenvalue weighted by atomic mass is 29.3. The van der Waals surface area contributed by atoms with Crippen LogP contribution in [0.15, 0.2) is 0 Å². The number of hydrogen-bond acceptors (Lipinski definition) is 3. The third kappa shape index (κ3) is 6.27. The van der Waals surface area contributed by atoms with Crippen LogP contribution in [0.2, 0.25) is 45.8 Å². The molecule has 1 N–H and O–H groups in total. The molecule has 0 fully saturated rings. The van der Waals surface area contributed by atoms with Gasteiger partial charge < -0.3 is 13.0 Å². The molecule has 86 valence electrons. The zero-order valence-corrected chi connectivity index (χ0v) is 14.7. The molecule has 0 spiro atoms. The van der Waals surface area contributed by atoms with Gasteiger partial charge in [0.15, 0.2) is 25.4 Å². The van der Waals surface area contributed by atoms with Gasteiger partial charge in [0.25, 0.3) is 0 Å². The lowest BCUT2D eigenvalue weighted by atomic mass is 11.9. The Bertz CT molecular complexity index is 178. The van der Waals surface area contributed by atoms with Crippen molar-refractivity contribution >= 4 is 34.0 Å². The van der Waals surface area contributed by atoms with E-state index in [4.69, 9.17) is 8.23 Å². The fourth-order valence-corrected chi connectivity index (χ4v) is 16.1. The van der Waals surface area contributed by atoms with Crippen molar-refractivity contribution in [3.8, 4) is 0 Å². The summed E-state index contributed by atoms with van der Waals surface area (Å²) in [5.41, 5.74) is 0. The fraction of sp³-hybridized carbons (Fsp3) is 1.00. The van der Waals surface area contributed by atoms with Crippen LogP contribution in [0.3, 0.4) is 0 Å². The molecule has 7 heteroatoms. The van der Waals surface area contributed by atoms with E-state index in [0.29, 0.717) is 0 Å². The first-order chi connectivity index (χ1) is 6.04. The smallest absolute Gasteiger partial charge is 0.310 e. The van der Waals surface area contributed by atoms with Gasteiger partial charge in [0.1, 0.15) is 0 Å². The number of rotatable bonds is 5. The van der Waals surface area contributed by atoms with E-state index in [-0.39, 0.29) is 0 Å². The second kappa shape index (κ2) is 5.19. The molecule has 0 heterocycles. The molecule has 0 saturated carbocycles. The second-order valence-electron chi connectivity index (χ2n) is 4.98. The van der Waals surface area contributed by atoms with E-state index in [1.54, 1.807) is 0 Å². The summed E-state index contributed by atoms with van der Waals surface area (Å²) in [6.45, 7) is 14.5. The summed E-state index contributed by atoms with van der Waals surface area (Å²) >= 11 is 0. The average Bonchev–Trinajstić information content (AvgIpc) is 1.79. The van der Waals surface area contributed by atoms with Crippen LogP contribution >= 0.6 is 0 Å². The van der Waals surface area contributed by atoms with Crippen LogP contribution in [-0.2, 0) is 8.23 Å². The normalized spacial score (nSPS) is 16.1. The second-order valence-corrected chi connectivity index (χ2v) is 23.0. The molecule has 0 saturated heterocycles. The zero-order chi connectivity index (χ0) is 11.6. The molecule has 0 aliphatic carbocycles. The molecular formula is C7H24O3Si4. The van der Waals surface area contributed by atoms with E-state index in [0.717, 1.165) is 0 Å². The molecule has 0 aromatic heterocycles. The summed E-state index contributed by atoms with van der Waals surface area (Å²) in [6, 6.07) is 0.